The molecule has 1 saturated carbocycles. The minimum atomic E-state index is -0.00565. The van der Waals surface area contributed by atoms with Gasteiger partial charge in [-0.2, -0.15) is 0 Å². The number of para-hydroxylation sites is 1. The molecule has 2 aromatic rings. The number of ketones is 1. The molecule has 0 spiro atoms. The first-order valence-corrected chi connectivity index (χ1v) is 7.44. The van der Waals surface area contributed by atoms with Crippen LogP contribution in [0, 0.1) is 5.41 Å². The molecule has 0 unspecified atom stereocenters. The summed E-state index contributed by atoms with van der Waals surface area (Å²) >= 11 is 0. The van der Waals surface area contributed by atoms with Crippen LogP contribution < -0.4 is 5.73 Å². The van der Waals surface area contributed by atoms with Crippen LogP contribution in [0.1, 0.15) is 49.1 Å². The number of carbonyl (C=O) groups is 1. The first-order valence-electron chi connectivity index (χ1n) is 7.44. The lowest BCUT2D eigenvalue weighted by Crippen LogP contribution is -2.35. The molecule has 3 heteroatoms. The van der Waals surface area contributed by atoms with E-state index in [1.807, 2.05) is 30.3 Å². The Morgan fingerprint density at radius 1 is 1.20 bits per heavy atom. The Morgan fingerprint density at radius 3 is 2.65 bits per heavy atom. The van der Waals surface area contributed by atoms with E-state index in [4.69, 9.17) is 10.2 Å². The highest BCUT2D eigenvalue weighted by molar-refractivity contribution is 5.97. The maximum atomic E-state index is 12.5. The van der Waals surface area contributed by atoms with E-state index >= 15 is 0 Å². The van der Waals surface area contributed by atoms with Gasteiger partial charge in [-0.15, -0.1) is 0 Å². The number of Topliss-reactive ketones (excluding diaryl/α,β-unsaturated/α-hetero) is 1. The molecule has 0 bridgehead atoms. The summed E-state index contributed by atoms with van der Waals surface area (Å²) in [5.41, 5.74) is 6.73. The second-order valence-electron chi connectivity index (χ2n) is 6.01. The van der Waals surface area contributed by atoms with Gasteiger partial charge in [0, 0.05) is 11.8 Å². The van der Waals surface area contributed by atoms with E-state index in [1.54, 1.807) is 0 Å². The van der Waals surface area contributed by atoms with Gasteiger partial charge in [0.2, 0.25) is 0 Å². The third-order valence-corrected chi connectivity index (χ3v) is 4.58. The molecule has 1 aromatic carbocycles. The van der Waals surface area contributed by atoms with Gasteiger partial charge in [0.05, 0.1) is 0 Å². The zero-order chi connectivity index (χ0) is 14.0. The number of carbonyl (C=O) groups excluding carboxylic acids is 1. The minimum Gasteiger partial charge on any atom is -0.453 e. The molecule has 0 amide bonds. The number of nitrogens with two attached hydrogens (primary N) is 1. The Bertz CT molecular complexity index is 575. The molecule has 1 aliphatic carbocycles. The molecular formula is C17H21NO2. The van der Waals surface area contributed by atoms with Gasteiger partial charge < -0.3 is 10.2 Å². The zero-order valence-corrected chi connectivity index (χ0v) is 11.7. The van der Waals surface area contributed by atoms with Crippen molar-refractivity contribution >= 4 is 16.8 Å². The molecule has 1 aliphatic rings. The van der Waals surface area contributed by atoms with Gasteiger partial charge in [-0.05, 0) is 36.9 Å². The molecule has 106 valence electrons. The van der Waals surface area contributed by atoms with Crippen LogP contribution in [0.4, 0.5) is 0 Å². The van der Waals surface area contributed by atoms with Crippen molar-refractivity contribution in [3.63, 3.8) is 0 Å². The van der Waals surface area contributed by atoms with Gasteiger partial charge >= 0.3 is 0 Å². The largest absolute Gasteiger partial charge is 0.453 e. The maximum Gasteiger partial charge on any atom is 0.198 e. The van der Waals surface area contributed by atoms with E-state index in [0.29, 0.717) is 18.7 Å². The third-order valence-electron chi connectivity index (χ3n) is 4.58. The van der Waals surface area contributed by atoms with Gasteiger partial charge in [-0.25, -0.2) is 0 Å². The molecule has 3 rings (SSSR count). The SMILES string of the molecule is NCC1(CC(=O)c2cc3ccccc3o2)CCCCC1. The average Bonchev–Trinajstić information content (AvgIpc) is 2.92. The fraction of sp³-hybridized carbons (Fsp3) is 0.471. The van der Waals surface area contributed by atoms with E-state index < -0.39 is 0 Å². The summed E-state index contributed by atoms with van der Waals surface area (Å²) in [6.45, 7) is 0.596. The van der Waals surface area contributed by atoms with Crippen molar-refractivity contribution in [3.05, 3.63) is 36.1 Å². The highest BCUT2D eigenvalue weighted by Gasteiger charge is 2.34. The molecule has 0 saturated heterocycles. The molecule has 2 N–H and O–H groups in total. The smallest absolute Gasteiger partial charge is 0.198 e. The van der Waals surface area contributed by atoms with Crippen molar-refractivity contribution in [1.29, 1.82) is 0 Å². The predicted molar refractivity (Wildman–Crippen MR) is 79.7 cm³/mol. The number of rotatable bonds is 4. The number of fused-ring (bicyclic) bond motifs is 1. The van der Waals surface area contributed by atoms with Crippen LogP contribution in [0.15, 0.2) is 34.7 Å². The minimum absolute atomic E-state index is 0.00565. The van der Waals surface area contributed by atoms with E-state index in [-0.39, 0.29) is 11.2 Å². The summed E-state index contributed by atoms with van der Waals surface area (Å²) in [4.78, 5) is 12.5. The summed E-state index contributed by atoms with van der Waals surface area (Å²) in [7, 11) is 0. The van der Waals surface area contributed by atoms with Crippen molar-refractivity contribution < 1.29 is 9.21 Å². The molecule has 0 radical (unpaired) electrons. The van der Waals surface area contributed by atoms with Crippen LogP contribution in [0.2, 0.25) is 0 Å². The standard InChI is InChI=1S/C17H21NO2/c18-12-17(8-4-1-5-9-17)11-14(19)16-10-13-6-2-3-7-15(13)20-16/h2-3,6-7,10H,1,4-5,8-9,11-12,18H2. The molecule has 1 heterocycles. The lowest BCUT2D eigenvalue weighted by molar-refractivity contribution is 0.0842. The maximum absolute atomic E-state index is 12.5. The summed E-state index contributed by atoms with van der Waals surface area (Å²) in [5, 5.41) is 0.987. The highest BCUT2D eigenvalue weighted by Crippen LogP contribution is 2.39. The van der Waals surface area contributed by atoms with E-state index in [9.17, 15) is 4.79 Å². The van der Waals surface area contributed by atoms with Gasteiger partial charge in [-0.1, -0.05) is 37.5 Å². The van der Waals surface area contributed by atoms with Crippen molar-refractivity contribution in [1.82, 2.24) is 0 Å². The molecule has 1 fully saturated rings. The lowest BCUT2D eigenvalue weighted by atomic mass is 9.71. The molecule has 1 aromatic heterocycles. The van der Waals surface area contributed by atoms with E-state index in [0.717, 1.165) is 23.8 Å². The Kier molecular flexibility index (Phi) is 3.62. The Labute approximate surface area is 119 Å². The first-order chi connectivity index (χ1) is 9.72. The summed E-state index contributed by atoms with van der Waals surface area (Å²) in [6.07, 6.45) is 6.28. The van der Waals surface area contributed by atoms with Crippen molar-refractivity contribution in [3.8, 4) is 0 Å². The van der Waals surface area contributed by atoms with Gasteiger partial charge in [0.1, 0.15) is 5.58 Å². The summed E-state index contributed by atoms with van der Waals surface area (Å²) in [5.74, 6) is 0.568. The average molecular weight is 271 g/mol. The Balaban J connectivity index is 1.81. The van der Waals surface area contributed by atoms with Crippen LogP contribution in [0.3, 0.4) is 0 Å². The van der Waals surface area contributed by atoms with E-state index in [2.05, 4.69) is 0 Å². The van der Waals surface area contributed by atoms with Crippen LogP contribution in [0.5, 0.6) is 0 Å². The fourth-order valence-corrected chi connectivity index (χ4v) is 3.30. The Morgan fingerprint density at radius 2 is 1.95 bits per heavy atom. The van der Waals surface area contributed by atoms with Gasteiger partial charge in [-0.3, -0.25) is 4.79 Å². The van der Waals surface area contributed by atoms with Gasteiger partial charge in [0.15, 0.2) is 11.5 Å². The normalized spacial score (nSPS) is 18.2. The molecular weight excluding hydrogens is 250 g/mol. The number of hydrogen-bond acceptors (Lipinski definition) is 3. The predicted octanol–water partition coefficient (Wildman–Crippen LogP) is 3.91. The number of furan rings is 1. The van der Waals surface area contributed by atoms with Crippen molar-refractivity contribution in [2.45, 2.75) is 38.5 Å². The van der Waals surface area contributed by atoms with Crippen LogP contribution in [0.25, 0.3) is 11.0 Å². The van der Waals surface area contributed by atoms with Crippen molar-refractivity contribution in [2.75, 3.05) is 6.54 Å². The summed E-state index contributed by atoms with van der Waals surface area (Å²) < 4.78 is 5.67. The second kappa shape index (κ2) is 5.41. The van der Waals surface area contributed by atoms with Gasteiger partial charge in [0.25, 0.3) is 0 Å². The molecule has 20 heavy (non-hydrogen) atoms. The monoisotopic (exact) mass is 271 g/mol. The van der Waals surface area contributed by atoms with Crippen molar-refractivity contribution in [2.24, 2.45) is 11.1 Å². The molecule has 3 nitrogen and oxygen atoms in total. The summed E-state index contributed by atoms with van der Waals surface area (Å²) in [6, 6.07) is 9.59. The second-order valence-corrected chi connectivity index (χ2v) is 6.01. The number of benzene rings is 1. The third kappa shape index (κ3) is 2.50. The number of hydrogen-bond donors (Lipinski definition) is 1. The lowest BCUT2D eigenvalue weighted by Gasteiger charge is -2.35. The molecule has 0 aliphatic heterocycles. The van der Waals surface area contributed by atoms with Crippen LogP contribution >= 0.6 is 0 Å². The fourth-order valence-electron chi connectivity index (χ4n) is 3.30. The highest BCUT2D eigenvalue weighted by atomic mass is 16.3. The molecule has 0 atom stereocenters. The first kappa shape index (κ1) is 13.4. The van der Waals surface area contributed by atoms with Crippen LogP contribution in [-0.2, 0) is 0 Å². The Hall–Kier alpha value is -1.61. The van der Waals surface area contributed by atoms with Crippen LogP contribution in [-0.4, -0.2) is 12.3 Å². The quantitative estimate of drug-likeness (QED) is 0.858. The topological polar surface area (TPSA) is 56.2 Å². The zero-order valence-electron chi connectivity index (χ0n) is 11.7. The van der Waals surface area contributed by atoms with E-state index in [1.165, 1.54) is 19.3 Å².